The lowest BCUT2D eigenvalue weighted by molar-refractivity contribution is -0.129. The van der Waals surface area contributed by atoms with Gasteiger partial charge in [0.2, 0.25) is 0 Å². The summed E-state index contributed by atoms with van der Waals surface area (Å²) in [6.45, 7) is 4.44. The minimum atomic E-state index is -0.300. The second-order valence-electron chi connectivity index (χ2n) is 9.46. The average Bonchev–Trinajstić information content (AvgIpc) is 2.92. The third-order valence-electron chi connectivity index (χ3n) is 8.54. The number of aliphatic hydroxyl groups is 2. The van der Waals surface area contributed by atoms with Crippen LogP contribution in [0.15, 0.2) is 11.6 Å². The van der Waals surface area contributed by atoms with E-state index in [1.165, 1.54) is 12.8 Å². The summed E-state index contributed by atoms with van der Waals surface area (Å²) < 4.78 is 0. The predicted octanol–water partition coefficient (Wildman–Crippen LogP) is 3.49. The second kappa shape index (κ2) is 5.67. The van der Waals surface area contributed by atoms with Crippen LogP contribution in [0.3, 0.4) is 0 Å². The standard InChI is InChI=1S/C21H32O3/c1-20-9-7-14(23)11-13(20)3-4-15-16-5-6-18(19(24)12-22)21(16,2)10-8-17(15)20/h8,13-16,18,22-23H,3-7,9-12H2,1-2H3/t13-,14+,15-,16-,18+,20-,21-/m0/s1. The molecule has 2 N–H and O–H groups in total. The third-order valence-corrected chi connectivity index (χ3v) is 8.54. The minimum absolute atomic E-state index is 0.0454. The van der Waals surface area contributed by atoms with Gasteiger partial charge in [-0.3, -0.25) is 4.79 Å². The molecule has 4 rings (SSSR count). The highest BCUT2D eigenvalue weighted by molar-refractivity contribution is 5.83. The molecule has 0 aromatic rings. The van der Waals surface area contributed by atoms with Crippen molar-refractivity contribution in [2.75, 3.05) is 6.61 Å². The highest BCUT2D eigenvalue weighted by atomic mass is 16.3. The van der Waals surface area contributed by atoms with Crippen molar-refractivity contribution in [2.45, 2.75) is 71.3 Å². The van der Waals surface area contributed by atoms with Crippen LogP contribution in [0.25, 0.3) is 0 Å². The summed E-state index contributed by atoms with van der Waals surface area (Å²) in [4.78, 5) is 12.3. The van der Waals surface area contributed by atoms with E-state index in [1.807, 2.05) is 0 Å². The van der Waals surface area contributed by atoms with Crippen LogP contribution >= 0.6 is 0 Å². The molecule has 3 heteroatoms. The van der Waals surface area contributed by atoms with E-state index in [4.69, 9.17) is 0 Å². The molecule has 0 bridgehead atoms. The number of hydrogen-bond donors (Lipinski definition) is 2. The van der Waals surface area contributed by atoms with Gasteiger partial charge in [-0.1, -0.05) is 25.5 Å². The van der Waals surface area contributed by atoms with E-state index < -0.39 is 0 Å². The smallest absolute Gasteiger partial charge is 0.161 e. The first-order valence-corrected chi connectivity index (χ1v) is 9.92. The quantitative estimate of drug-likeness (QED) is 0.761. The fourth-order valence-corrected chi connectivity index (χ4v) is 7.14. The molecule has 7 atom stereocenters. The number of carbonyl (C=O) groups excluding carboxylic acids is 1. The zero-order valence-electron chi connectivity index (χ0n) is 15.1. The summed E-state index contributed by atoms with van der Waals surface area (Å²) in [5.74, 6) is 1.95. The third kappa shape index (κ3) is 2.20. The van der Waals surface area contributed by atoms with E-state index in [2.05, 4.69) is 19.9 Å². The van der Waals surface area contributed by atoms with Gasteiger partial charge in [-0.05, 0) is 80.0 Å². The first-order valence-electron chi connectivity index (χ1n) is 9.92. The molecule has 0 aromatic heterocycles. The monoisotopic (exact) mass is 332 g/mol. The molecule has 0 saturated heterocycles. The molecule has 134 valence electrons. The molecule has 3 nitrogen and oxygen atoms in total. The fourth-order valence-electron chi connectivity index (χ4n) is 7.14. The predicted molar refractivity (Wildman–Crippen MR) is 93.3 cm³/mol. The Kier molecular flexibility index (Phi) is 3.96. The van der Waals surface area contributed by atoms with Gasteiger partial charge in [0.1, 0.15) is 6.61 Å². The molecule has 0 heterocycles. The van der Waals surface area contributed by atoms with E-state index in [1.54, 1.807) is 5.57 Å². The number of ketones is 1. The SMILES string of the molecule is C[C@]12CC=C3[C@@H](CC[C@H]4C[C@H](O)CC[C@]34C)[C@@H]1CC[C@@H]2C(=O)CO. The van der Waals surface area contributed by atoms with E-state index in [0.717, 1.165) is 38.5 Å². The van der Waals surface area contributed by atoms with Crippen molar-refractivity contribution in [2.24, 2.45) is 34.5 Å². The van der Waals surface area contributed by atoms with Crippen molar-refractivity contribution in [1.29, 1.82) is 0 Å². The van der Waals surface area contributed by atoms with Crippen LogP contribution in [0.1, 0.15) is 65.2 Å². The topological polar surface area (TPSA) is 57.5 Å². The van der Waals surface area contributed by atoms with Crippen molar-refractivity contribution in [3.63, 3.8) is 0 Å². The van der Waals surface area contributed by atoms with E-state index in [-0.39, 0.29) is 35.2 Å². The van der Waals surface area contributed by atoms with Crippen LogP contribution in [0.4, 0.5) is 0 Å². The molecule has 4 aliphatic carbocycles. The number of rotatable bonds is 2. The van der Waals surface area contributed by atoms with Gasteiger partial charge >= 0.3 is 0 Å². The summed E-state index contributed by atoms with van der Waals surface area (Å²) in [6, 6.07) is 0. The number of Topliss-reactive ketones (excluding diaryl/α,β-unsaturated/α-hetero) is 1. The molecule has 0 unspecified atom stereocenters. The van der Waals surface area contributed by atoms with E-state index >= 15 is 0 Å². The first kappa shape index (κ1) is 16.8. The van der Waals surface area contributed by atoms with Gasteiger partial charge in [0, 0.05) is 5.92 Å². The van der Waals surface area contributed by atoms with Gasteiger partial charge in [-0.2, -0.15) is 0 Å². The summed E-state index contributed by atoms with van der Waals surface area (Å²) in [7, 11) is 0. The Morgan fingerprint density at radius 3 is 2.75 bits per heavy atom. The van der Waals surface area contributed by atoms with E-state index in [0.29, 0.717) is 17.8 Å². The Bertz CT molecular complexity index is 567. The largest absolute Gasteiger partial charge is 0.393 e. The first-order chi connectivity index (χ1) is 11.4. The number of hydrogen-bond acceptors (Lipinski definition) is 3. The Hall–Kier alpha value is -0.670. The Morgan fingerprint density at radius 1 is 1.21 bits per heavy atom. The van der Waals surface area contributed by atoms with Gasteiger partial charge in [0.25, 0.3) is 0 Å². The number of aliphatic hydroxyl groups excluding tert-OH is 2. The minimum Gasteiger partial charge on any atom is -0.393 e. The van der Waals surface area contributed by atoms with Crippen molar-refractivity contribution in [1.82, 2.24) is 0 Å². The summed E-state index contributed by atoms with van der Waals surface area (Å²) >= 11 is 0. The van der Waals surface area contributed by atoms with Gasteiger partial charge < -0.3 is 10.2 Å². The number of carbonyl (C=O) groups is 1. The molecular formula is C21H32O3. The van der Waals surface area contributed by atoms with Crippen molar-refractivity contribution < 1.29 is 15.0 Å². The molecule has 3 fully saturated rings. The van der Waals surface area contributed by atoms with Gasteiger partial charge in [-0.25, -0.2) is 0 Å². The molecule has 0 radical (unpaired) electrons. The normalized spacial score (nSPS) is 50.5. The van der Waals surface area contributed by atoms with Crippen LogP contribution in [0, 0.1) is 34.5 Å². The Balaban J connectivity index is 1.66. The van der Waals surface area contributed by atoms with Crippen LogP contribution in [0.2, 0.25) is 0 Å². The summed E-state index contributed by atoms with van der Waals surface area (Å²) in [5.41, 5.74) is 1.97. The van der Waals surface area contributed by atoms with Gasteiger partial charge in [-0.15, -0.1) is 0 Å². The zero-order valence-corrected chi connectivity index (χ0v) is 15.1. The summed E-state index contributed by atoms with van der Waals surface area (Å²) in [6.07, 6.45) is 10.9. The van der Waals surface area contributed by atoms with Crippen LogP contribution in [0.5, 0.6) is 0 Å². The lowest BCUT2D eigenvalue weighted by Gasteiger charge is -2.56. The second-order valence-corrected chi connectivity index (χ2v) is 9.46. The van der Waals surface area contributed by atoms with Crippen LogP contribution in [-0.2, 0) is 4.79 Å². The Labute approximate surface area is 145 Å². The zero-order chi connectivity index (χ0) is 17.1. The molecule has 0 aromatic carbocycles. The lowest BCUT2D eigenvalue weighted by atomic mass is 9.48. The molecular weight excluding hydrogens is 300 g/mol. The van der Waals surface area contributed by atoms with Crippen LogP contribution in [-0.4, -0.2) is 28.7 Å². The van der Waals surface area contributed by atoms with Crippen molar-refractivity contribution >= 4 is 5.78 Å². The molecule has 24 heavy (non-hydrogen) atoms. The van der Waals surface area contributed by atoms with E-state index in [9.17, 15) is 15.0 Å². The highest BCUT2D eigenvalue weighted by Gasteiger charge is 2.58. The fraction of sp³-hybridized carbons (Fsp3) is 0.857. The summed E-state index contributed by atoms with van der Waals surface area (Å²) in [5, 5.41) is 19.5. The molecule has 3 saturated carbocycles. The Morgan fingerprint density at radius 2 is 2.00 bits per heavy atom. The van der Waals surface area contributed by atoms with Crippen molar-refractivity contribution in [3.05, 3.63) is 11.6 Å². The molecule has 4 aliphatic rings. The molecule has 0 spiro atoms. The number of fused-ring (bicyclic) bond motifs is 5. The average molecular weight is 332 g/mol. The van der Waals surface area contributed by atoms with Crippen LogP contribution < -0.4 is 0 Å². The maximum Gasteiger partial charge on any atom is 0.161 e. The number of allylic oxidation sites excluding steroid dienone is 2. The maximum atomic E-state index is 12.3. The van der Waals surface area contributed by atoms with Crippen molar-refractivity contribution in [3.8, 4) is 0 Å². The highest BCUT2D eigenvalue weighted by Crippen LogP contribution is 2.65. The lowest BCUT2D eigenvalue weighted by Crippen LogP contribution is -2.49. The van der Waals surface area contributed by atoms with Gasteiger partial charge in [0.15, 0.2) is 5.78 Å². The maximum absolute atomic E-state index is 12.3. The molecule has 0 aliphatic heterocycles. The van der Waals surface area contributed by atoms with Gasteiger partial charge in [0.05, 0.1) is 6.10 Å². The molecule has 0 amide bonds.